The standard InChI is InChI=1S/C29H23N3O8S/c1-4-38-28(35)25-16(2)30-29-31(26(25)18-9-11-19(12-10-18)39-17(3)33)27(34)24(41-29)15-20-13-14-23(40-20)21-7-5-6-8-22(21)32(36)37/h5-15,26H,4H2,1-3H3/b24-15-. The van der Waals surface area contributed by atoms with Gasteiger partial charge in [-0.3, -0.25) is 24.3 Å². The minimum absolute atomic E-state index is 0.102. The fourth-order valence-electron chi connectivity index (χ4n) is 4.54. The number of benzene rings is 2. The summed E-state index contributed by atoms with van der Waals surface area (Å²) in [7, 11) is 0. The monoisotopic (exact) mass is 573 g/mol. The van der Waals surface area contributed by atoms with Gasteiger partial charge in [0.1, 0.15) is 17.3 Å². The topological polar surface area (TPSA) is 143 Å². The average molecular weight is 574 g/mol. The predicted molar refractivity (Wildman–Crippen MR) is 149 cm³/mol. The van der Waals surface area contributed by atoms with Gasteiger partial charge >= 0.3 is 11.9 Å². The van der Waals surface area contributed by atoms with Crippen molar-refractivity contribution in [2.45, 2.75) is 26.8 Å². The summed E-state index contributed by atoms with van der Waals surface area (Å²) in [6, 6.07) is 15.1. The molecule has 0 radical (unpaired) electrons. The van der Waals surface area contributed by atoms with Crippen molar-refractivity contribution in [2.75, 3.05) is 6.61 Å². The quantitative estimate of drug-likeness (QED) is 0.140. The highest BCUT2D eigenvalue weighted by molar-refractivity contribution is 7.07. The van der Waals surface area contributed by atoms with Gasteiger partial charge in [0.25, 0.3) is 11.2 Å². The number of furan rings is 1. The molecule has 2 aromatic heterocycles. The van der Waals surface area contributed by atoms with Crippen LogP contribution in [0.1, 0.15) is 38.1 Å². The maximum atomic E-state index is 13.8. The second-order valence-electron chi connectivity index (χ2n) is 8.94. The molecule has 41 heavy (non-hydrogen) atoms. The van der Waals surface area contributed by atoms with E-state index in [1.807, 2.05) is 0 Å². The molecule has 5 rings (SSSR count). The molecule has 1 unspecified atom stereocenters. The first kappa shape index (κ1) is 27.5. The highest BCUT2D eigenvalue weighted by atomic mass is 32.1. The Morgan fingerprint density at radius 1 is 1.15 bits per heavy atom. The summed E-state index contributed by atoms with van der Waals surface area (Å²) in [4.78, 5) is 54.0. The third kappa shape index (κ3) is 5.37. The number of nitro groups is 1. The molecule has 0 fully saturated rings. The van der Waals surface area contributed by atoms with Crippen molar-refractivity contribution in [1.82, 2.24) is 4.57 Å². The summed E-state index contributed by atoms with van der Waals surface area (Å²) in [5.41, 5.74) is 0.994. The van der Waals surface area contributed by atoms with Crippen molar-refractivity contribution >= 4 is 35.0 Å². The Bertz CT molecular complexity index is 1900. The first-order chi connectivity index (χ1) is 19.7. The first-order valence-corrected chi connectivity index (χ1v) is 13.3. The molecule has 1 aliphatic heterocycles. The molecule has 1 aliphatic rings. The lowest BCUT2D eigenvalue weighted by Crippen LogP contribution is -2.39. The zero-order chi connectivity index (χ0) is 29.3. The van der Waals surface area contributed by atoms with Gasteiger partial charge in [-0.1, -0.05) is 35.6 Å². The van der Waals surface area contributed by atoms with Gasteiger partial charge in [-0.05, 0) is 49.7 Å². The Balaban J connectivity index is 1.62. The Morgan fingerprint density at radius 3 is 2.56 bits per heavy atom. The van der Waals surface area contributed by atoms with E-state index in [0.717, 1.165) is 11.3 Å². The molecule has 1 atom stereocenters. The van der Waals surface area contributed by atoms with Crippen LogP contribution in [0, 0.1) is 10.1 Å². The van der Waals surface area contributed by atoms with Crippen molar-refractivity contribution in [3.63, 3.8) is 0 Å². The van der Waals surface area contributed by atoms with E-state index in [2.05, 4.69) is 4.99 Å². The van der Waals surface area contributed by atoms with Crippen LogP contribution >= 0.6 is 11.3 Å². The minimum Gasteiger partial charge on any atom is -0.463 e. The Kier molecular flexibility index (Phi) is 7.49. The molecule has 0 saturated carbocycles. The number of ether oxygens (including phenoxy) is 2. The number of fused-ring (bicyclic) bond motifs is 1. The minimum atomic E-state index is -0.849. The summed E-state index contributed by atoms with van der Waals surface area (Å²) in [5, 5.41) is 11.4. The van der Waals surface area contributed by atoms with Crippen LogP contribution in [0.25, 0.3) is 17.4 Å². The Hall–Kier alpha value is -5.10. The summed E-state index contributed by atoms with van der Waals surface area (Å²) < 4.78 is 18.0. The number of nitrogens with zero attached hydrogens (tertiary/aromatic N) is 3. The van der Waals surface area contributed by atoms with Gasteiger partial charge in [-0.15, -0.1) is 0 Å². The van der Waals surface area contributed by atoms with Crippen LogP contribution in [0.15, 0.2) is 86.1 Å². The number of esters is 2. The normalized spacial score (nSPS) is 14.8. The summed E-state index contributed by atoms with van der Waals surface area (Å²) in [6.45, 7) is 4.79. The first-order valence-electron chi connectivity index (χ1n) is 12.5. The summed E-state index contributed by atoms with van der Waals surface area (Å²) >= 11 is 1.12. The molecule has 0 amide bonds. The van der Waals surface area contributed by atoms with Crippen molar-refractivity contribution < 1.29 is 28.4 Å². The third-order valence-corrected chi connectivity index (χ3v) is 7.22. The highest BCUT2D eigenvalue weighted by Crippen LogP contribution is 2.33. The highest BCUT2D eigenvalue weighted by Gasteiger charge is 2.33. The van der Waals surface area contributed by atoms with Gasteiger partial charge in [0, 0.05) is 19.1 Å². The zero-order valence-corrected chi connectivity index (χ0v) is 23.0. The van der Waals surface area contributed by atoms with Crippen molar-refractivity contribution in [2.24, 2.45) is 4.99 Å². The van der Waals surface area contributed by atoms with Crippen LogP contribution in [-0.2, 0) is 14.3 Å². The molecule has 12 heteroatoms. The van der Waals surface area contributed by atoms with E-state index in [-0.39, 0.29) is 28.2 Å². The lowest BCUT2D eigenvalue weighted by Gasteiger charge is -2.24. The molecular formula is C29H23N3O8S. The smallest absolute Gasteiger partial charge is 0.338 e. The van der Waals surface area contributed by atoms with E-state index in [4.69, 9.17) is 13.9 Å². The van der Waals surface area contributed by atoms with E-state index < -0.39 is 28.5 Å². The SMILES string of the molecule is CCOC(=O)C1=C(C)N=c2s/c(=C\c3ccc(-c4ccccc4[N+](=O)[O-])o3)c(=O)n2C1c1ccc(OC(C)=O)cc1. The number of aromatic nitrogens is 1. The molecule has 0 aliphatic carbocycles. The van der Waals surface area contributed by atoms with Gasteiger partial charge in [0.2, 0.25) is 0 Å². The van der Waals surface area contributed by atoms with Crippen LogP contribution in [0.5, 0.6) is 5.75 Å². The van der Waals surface area contributed by atoms with Crippen LogP contribution in [0.2, 0.25) is 0 Å². The van der Waals surface area contributed by atoms with Crippen LogP contribution < -0.4 is 19.6 Å². The number of nitro benzene ring substituents is 1. The number of hydrogen-bond donors (Lipinski definition) is 0. The largest absolute Gasteiger partial charge is 0.463 e. The van der Waals surface area contributed by atoms with Crippen LogP contribution in [0.4, 0.5) is 5.69 Å². The molecule has 208 valence electrons. The fourth-order valence-corrected chi connectivity index (χ4v) is 5.56. The van der Waals surface area contributed by atoms with E-state index >= 15 is 0 Å². The molecule has 0 spiro atoms. The van der Waals surface area contributed by atoms with Gasteiger partial charge in [0.05, 0.1) is 38.9 Å². The number of hydrogen-bond acceptors (Lipinski definition) is 10. The van der Waals surface area contributed by atoms with Crippen molar-refractivity contribution in [3.05, 3.63) is 113 Å². The van der Waals surface area contributed by atoms with Gasteiger partial charge in [-0.25, -0.2) is 9.79 Å². The average Bonchev–Trinajstić information content (AvgIpc) is 3.52. The number of rotatable bonds is 7. The molecule has 0 bridgehead atoms. The second-order valence-corrected chi connectivity index (χ2v) is 9.95. The Morgan fingerprint density at radius 2 is 1.88 bits per heavy atom. The van der Waals surface area contributed by atoms with Gasteiger partial charge in [0.15, 0.2) is 4.80 Å². The van der Waals surface area contributed by atoms with Crippen LogP contribution in [0.3, 0.4) is 0 Å². The molecule has 11 nitrogen and oxygen atoms in total. The van der Waals surface area contributed by atoms with Gasteiger partial charge in [-0.2, -0.15) is 0 Å². The zero-order valence-electron chi connectivity index (χ0n) is 22.2. The number of thiazole rings is 1. The Labute approximate surface area is 236 Å². The summed E-state index contributed by atoms with van der Waals surface area (Å²) in [6.07, 6.45) is 1.53. The van der Waals surface area contributed by atoms with Crippen molar-refractivity contribution in [3.8, 4) is 17.1 Å². The third-order valence-electron chi connectivity index (χ3n) is 6.24. The van der Waals surface area contributed by atoms with E-state index in [1.165, 1.54) is 23.6 Å². The summed E-state index contributed by atoms with van der Waals surface area (Å²) in [5.74, 6) is -0.164. The number of para-hydroxylation sites is 1. The molecule has 0 N–H and O–H groups in total. The molecule has 2 aromatic carbocycles. The molecular weight excluding hydrogens is 550 g/mol. The maximum absolute atomic E-state index is 13.8. The van der Waals surface area contributed by atoms with E-state index in [9.17, 15) is 24.5 Å². The number of allylic oxidation sites excluding steroid dienone is 1. The molecule has 0 saturated heterocycles. The maximum Gasteiger partial charge on any atom is 0.338 e. The van der Waals surface area contributed by atoms with E-state index in [0.29, 0.717) is 33.1 Å². The fraction of sp³-hybridized carbons (Fsp3) is 0.172. The number of carbonyl (C=O) groups excluding carboxylic acids is 2. The van der Waals surface area contributed by atoms with Gasteiger partial charge < -0.3 is 13.9 Å². The van der Waals surface area contributed by atoms with Crippen molar-refractivity contribution in [1.29, 1.82) is 0 Å². The lowest BCUT2D eigenvalue weighted by molar-refractivity contribution is -0.384. The second kappa shape index (κ2) is 11.2. The predicted octanol–water partition coefficient (Wildman–Crippen LogP) is 3.89. The molecule has 3 heterocycles. The number of carbonyl (C=O) groups is 2. The van der Waals surface area contributed by atoms with Crippen LogP contribution in [-0.4, -0.2) is 28.0 Å². The molecule has 4 aromatic rings. The lowest BCUT2D eigenvalue weighted by atomic mass is 9.96. The van der Waals surface area contributed by atoms with E-state index in [1.54, 1.807) is 68.4 Å².